The number of ketones is 1. The van der Waals surface area contributed by atoms with Crippen LogP contribution in [0, 0.1) is 0 Å². The van der Waals surface area contributed by atoms with E-state index in [1.54, 1.807) is 29.2 Å². The predicted molar refractivity (Wildman–Crippen MR) is 108 cm³/mol. The molecular formula is C22H17ClN2O2. The van der Waals surface area contributed by atoms with Gasteiger partial charge in [-0.25, -0.2) is 0 Å². The van der Waals surface area contributed by atoms with Crippen molar-refractivity contribution < 1.29 is 9.59 Å². The van der Waals surface area contributed by atoms with Crippen LogP contribution in [-0.2, 0) is 0 Å². The molecule has 0 aromatic heterocycles. The Balaban J connectivity index is 1.77. The Morgan fingerprint density at radius 3 is 2.48 bits per heavy atom. The van der Waals surface area contributed by atoms with E-state index in [9.17, 15) is 9.59 Å². The fourth-order valence-corrected chi connectivity index (χ4v) is 3.44. The molecule has 4 nitrogen and oxygen atoms in total. The van der Waals surface area contributed by atoms with Crippen LogP contribution >= 0.6 is 11.6 Å². The number of Topliss-reactive ketones (excluding diaryl/α,β-unsaturated/α-hetero) is 1. The predicted octanol–water partition coefficient (Wildman–Crippen LogP) is 5.31. The van der Waals surface area contributed by atoms with Crippen LogP contribution in [0.1, 0.15) is 39.4 Å². The molecule has 3 aromatic carbocycles. The van der Waals surface area contributed by atoms with Crippen LogP contribution in [0.15, 0.2) is 72.8 Å². The second-order valence-electron chi connectivity index (χ2n) is 6.42. The molecule has 5 heteroatoms. The third-order valence-corrected chi connectivity index (χ3v) is 4.89. The van der Waals surface area contributed by atoms with Crippen molar-refractivity contribution in [1.82, 2.24) is 0 Å². The van der Waals surface area contributed by atoms with Crippen molar-refractivity contribution in [2.24, 2.45) is 0 Å². The molecule has 0 spiro atoms. The van der Waals surface area contributed by atoms with Gasteiger partial charge in [0.25, 0.3) is 5.91 Å². The van der Waals surface area contributed by atoms with E-state index in [2.05, 4.69) is 5.32 Å². The van der Waals surface area contributed by atoms with Crippen molar-refractivity contribution >= 4 is 34.7 Å². The van der Waals surface area contributed by atoms with Gasteiger partial charge in [0.1, 0.15) is 6.17 Å². The monoisotopic (exact) mass is 376 g/mol. The minimum atomic E-state index is -0.378. The van der Waals surface area contributed by atoms with Crippen LogP contribution < -0.4 is 10.2 Å². The first-order valence-electron chi connectivity index (χ1n) is 8.60. The van der Waals surface area contributed by atoms with Gasteiger partial charge in [-0.1, -0.05) is 41.9 Å². The molecule has 134 valence electrons. The Labute approximate surface area is 162 Å². The van der Waals surface area contributed by atoms with Crippen LogP contribution in [0.3, 0.4) is 0 Å². The van der Waals surface area contributed by atoms with Gasteiger partial charge in [-0.3, -0.25) is 14.5 Å². The molecule has 1 atom stereocenters. The van der Waals surface area contributed by atoms with Crippen LogP contribution in [0.4, 0.5) is 11.4 Å². The van der Waals surface area contributed by atoms with Gasteiger partial charge in [-0.2, -0.15) is 0 Å². The van der Waals surface area contributed by atoms with E-state index in [0.717, 1.165) is 16.9 Å². The van der Waals surface area contributed by atoms with Crippen molar-refractivity contribution in [3.63, 3.8) is 0 Å². The van der Waals surface area contributed by atoms with Crippen molar-refractivity contribution in [1.29, 1.82) is 0 Å². The molecule has 1 aliphatic heterocycles. The maximum Gasteiger partial charge on any atom is 0.260 e. The number of rotatable bonds is 4. The standard InChI is InChI=1S/C22H17ClN2O2/c1-14(26)15-5-4-6-17(13-15)24-21-19-7-2-3-8-20(19)22(27)25(21)18-11-9-16(23)10-12-18/h2-13,21,24H,1H3/t21-/m0/s1. The lowest BCUT2D eigenvalue weighted by atomic mass is 10.1. The topological polar surface area (TPSA) is 49.4 Å². The van der Waals surface area contributed by atoms with Crippen LogP contribution in [0.2, 0.25) is 5.02 Å². The molecule has 1 amide bonds. The van der Waals surface area contributed by atoms with Crippen LogP contribution in [0.5, 0.6) is 0 Å². The molecule has 0 unspecified atom stereocenters. The van der Waals surface area contributed by atoms with E-state index in [1.165, 1.54) is 6.92 Å². The second kappa shape index (κ2) is 6.89. The normalized spacial score (nSPS) is 15.6. The highest BCUT2D eigenvalue weighted by Gasteiger charge is 2.37. The van der Waals surface area contributed by atoms with Gasteiger partial charge in [0, 0.05) is 33.1 Å². The molecule has 0 fully saturated rings. The molecule has 0 saturated carbocycles. The summed E-state index contributed by atoms with van der Waals surface area (Å²) in [5.41, 5.74) is 3.70. The number of nitrogens with one attached hydrogen (secondary N) is 1. The van der Waals surface area contributed by atoms with E-state index in [1.807, 2.05) is 48.5 Å². The Morgan fingerprint density at radius 2 is 1.74 bits per heavy atom. The SMILES string of the molecule is CC(=O)c1cccc(N[C@@H]2c3ccccc3C(=O)N2c2ccc(Cl)cc2)c1. The van der Waals surface area contributed by atoms with Gasteiger partial charge >= 0.3 is 0 Å². The lowest BCUT2D eigenvalue weighted by molar-refractivity contribution is 0.0989. The lowest BCUT2D eigenvalue weighted by Crippen LogP contribution is -2.32. The number of halogens is 1. The highest BCUT2D eigenvalue weighted by Crippen LogP contribution is 2.38. The summed E-state index contributed by atoms with van der Waals surface area (Å²) in [6.45, 7) is 1.54. The summed E-state index contributed by atoms with van der Waals surface area (Å²) in [6, 6.07) is 22.0. The summed E-state index contributed by atoms with van der Waals surface area (Å²) in [5, 5.41) is 4.02. The molecule has 27 heavy (non-hydrogen) atoms. The maximum absolute atomic E-state index is 13.1. The third-order valence-electron chi connectivity index (χ3n) is 4.64. The fraction of sp³-hybridized carbons (Fsp3) is 0.0909. The largest absolute Gasteiger partial charge is 0.361 e. The van der Waals surface area contributed by atoms with E-state index in [0.29, 0.717) is 16.1 Å². The summed E-state index contributed by atoms with van der Waals surface area (Å²) in [7, 11) is 0. The summed E-state index contributed by atoms with van der Waals surface area (Å²) < 4.78 is 0. The van der Waals surface area contributed by atoms with Gasteiger partial charge in [0.2, 0.25) is 0 Å². The lowest BCUT2D eigenvalue weighted by Gasteiger charge is -2.27. The summed E-state index contributed by atoms with van der Waals surface area (Å²) in [6.07, 6.45) is -0.378. The fourth-order valence-electron chi connectivity index (χ4n) is 3.31. The van der Waals surface area contributed by atoms with Gasteiger partial charge in [-0.15, -0.1) is 0 Å². The first-order chi connectivity index (χ1) is 13.0. The molecule has 1 N–H and O–H groups in total. The number of hydrogen-bond acceptors (Lipinski definition) is 3. The molecule has 3 aromatic rings. The van der Waals surface area contributed by atoms with E-state index < -0.39 is 0 Å². The summed E-state index contributed by atoms with van der Waals surface area (Å²) >= 11 is 6.01. The van der Waals surface area contributed by atoms with Crippen LogP contribution in [0.25, 0.3) is 0 Å². The van der Waals surface area contributed by atoms with Crippen molar-refractivity contribution in [3.05, 3.63) is 94.5 Å². The average molecular weight is 377 g/mol. The number of fused-ring (bicyclic) bond motifs is 1. The van der Waals surface area contributed by atoms with Crippen LogP contribution in [-0.4, -0.2) is 11.7 Å². The van der Waals surface area contributed by atoms with Gasteiger partial charge in [-0.05, 0) is 49.4 Å². The zero-order chi connectivity index (χ0) is 19.0. The highest BCUT2D eigenvalue weighted by atomic mass is 35.5. The number of carbonyl (C=O) groups is 2. The first-order valence-corrected chi connectivity index (χ1v) is 8.98. The molecule has 0 bridgehead atoms. The van der Waals surface area contributed by atoms with Gasteiger partial charge in [0.05, 0.1) is 0 Å². The summed E-state index contributed by atoms with van der Waals surface area (Å²) in [4.78, 5) is 26.5. The molecule has 1 heterocycles. The minimum absolute atomic E-state index is 0.00361. The van der Waals surface area contributed by atoms with Crippen molar-refractivity contribution in [3.8, 4) is 0 Å². The quantitative estimate of drug-likeness (QED) is 0.627. The van der Waals surface area contributed by atoms with Gasteiger partial charge < -0.3 is 5.32 Å². The zero-order valence-electron chi connectivity index (χ0n) is 14.6. The average Bonchev–Trinajstić information content (AvgIpc) is 2.95. The van der Waals surface area contributed by atoms with E-state index in [4.69, 9.17) is 11.6 Å². The van der Waals surface area contributed by atoms with Crippen molar-refractivity contribution in [2.75, 3.05) is 10.2 Å². The molecule has 0 aliphatic carbocycles. The number of amides is 1. The summed E-state index contributed by atoms with van der Waals surface area (Å²) in [5.74, 6) is -0.0794. The first kappa shape index (κ1) is 17.3. The number of anilines is 2. The minimum Gasteiger partial charge on any atom is -0.361 e. The molecular weight excluding hydrogens is 360 g/mol. The highest BCUT2D eigenvalue weighted by molar-refractivity contribution is 6.30. The Hall–Kier alpha value is -3.11. The number of hydrogen-bond donors (Lipinski definition) is 1. The number of carbonyl (C=O) groups excluding carboxylic acids is 2. The molecule has 1 aliphatic rings. The number of benzene rings is 3. The Morgan fingerprint density at radius 1 is 1.00 bits per heavy atom. The molecule has 4 rings (SSSR count). The molecule has 0 saturated heterocycles. The maximum atomic E-state index is 13.1. The number of nitrogens with zero attached hydrogens (tertiary/aromatic N) is 1. The van der Waals surface area contributed by atoms with E-state index in [-0.39, 0.29) is 17.9 Å². The molecule has 0 radical (unpaired) electrons. The zero-order valence-corrected chi connectivity index (χ0v) is 15.4. The van der Waals surface area contributed by atoms with Crippen molar-refractivity contribution in [2.45, 2.75) is 13.1 Å². The third kappa shape index (κ3) is 3.20. The smallest absolute Gasteiger partial charge is 0.260 e. The van der Waals surface area contributed by atoms with Gasteiger partial charge in [0.15, 0.2) is 5.78 Å². The van der Waals surface area contributed by atoms with E-state index >= 15 is 0 Å². The Bertz CT molecular complexity index is 1030. The second-order valence-corrected chi connectivity index (χ2v) is 6.86. The Kier molecular flexibility index (Phi) is 4.42.